The van der Waals surface area contributed by atoms with E-state index in [9.17, 15) is 22.0 Å². The van der Waals surface area contributed by atoms with Gasteiger partial charge < -0.3 is 10.2 Å². The van der Waals surface area contributed by atoms with Gasteiger partial charge in [-0.25, -0.2) is 22.0 Å². The van der Waals surface area contributed by atoms with Gasteiger partial charge in [0.15, 0.2) is 11.6 Å². The molecule has 1 aromatic carbocycles. The molecule has 0 amide bonds. The first-order valence-corrected chi connectivity index (χ1v) is 7.03. The maximum absolute atomic E-state index is 13.6. The predicted molar refractivity (Wildman–Crippen MR) is 64.8 cm³/mol. The van der Waals surface area contributed by atoms with Gasteiger partial charge in [0.1, 0.15) is 4.90 Å². The highest BCUT2D eigenvalue weighted by atomic mass is 32.2. The van der Waals surface area contributed by atoms with E-state index in [1.54, 1.807) is 0 Å². The first-order chi connectivity index (χ1) is 9.25. The van der Waals surface area contributed by atoms with Crippen molar-refractivity contribution in [2.75, 3.05) is 19.7 Å². The highest BCUT2D eigenvalue weighted by molar-refractivity contribution is 7.89. The average Bonchev–Trinajstić information content (AvgIpc) is 2.38. The Morgan fingerprint density at radius 3 is 2.40 bits per heavy atom. The van der Waals surface area contributed by atoms with Gasteiger partial charge in [0.2, 0.25) is 10.0 Å². The molecule has 0 aliphatic rings. The SMILES string of the molecule is CCN(CCO)S(=O)(=O)c1cc(C(=O)O)cc(F)c1F. The molecule has 0 atom stereocenters. The molecule has 0 heterocycles. The summed E-state index contributed by atoms with van der Waals surface area (Å²) < 4.78 is 51.9. The van der Waals surface area contributed by atoms with Crippen LogP contribution in [-0.4, -0.2) is 48.6 Å². The monoisotopic (exact) mass is 309 g/mol. The molecule has 0 aromatic heterocycles. The molecule has 9 heteroatoms. The van der Waals surface area contributed by atoms with Crippen LogP contribution >= 0.6 is 0 Å². The van der Waals surface area contributed by atoms with Crippen molar-refractivity contribution < 1.29 is 32.2 Å². The minimum Gasteiger partial charge on any atom is -0.478 e. The van der Waals surface area contributed by atoms with Crippen molar-refractivity contribution in [2.45, 2.75) is 11.8 Å². The van der Waals surface area contributed by atoms with Gasteiger partial charge in [0.25, 0.3) is 0 Å². The lowest BCUT2D eigenvalue weighted by Crippen LogP contribution is -2.34. The van der Waals surface area contributed by atoms with Crippen LogP contribution in [0, 0.1) is 11.6 Å². The summed E-state index contributed by atoms with van der Waals surface area (Å²) in [7, 11) is -4.43. The fourth-order valence-corrected chi connectivity index (χ4v) is 3.11. The molecule has 0 fully saturated rings. The molecule has 0 aliphatic carbocycles. The molecule has 1 rings (SSSR count). The van der Waals surface area contributed by atoms with E-state index in [-0.39, 0.29) is 13.1 Å². The number of carboxylic acids is 1. The van der Waals surface area contributed by atoms with Gasteiger partial charge in [-0.15, -0.1) is 0 Å². The standard InChI is InChI=1S/C11H13F2NO5S/c1-2-14(3-4-15)20(18,19)9-6-7(11(16)17)5-8(12)10(9)13/h5-6,15H,2-4H2,1H3,(H,16,17). The quantitative estimate of drug-likeness (QED) is 0.805. The molecule has 0 aliphatic heterocycles. The number of rotatable bonds is 6. The van der Waals surface area contributed by atoms with Gasteiger partial charge in [0, 0.05) is 13.1 Å². The van der Waals surface area contributed by atoms with Crippen molar-refractivity contribution in [2.24, 2.45) is 0 Å². The van der Waals surface area contributed by atoms with Crippen LogP contribution in [-0.2, 0) is 10.0 Å². The van der Waals surface area contributed by atoms with E-state index in [2.05, 4.69) is 0 Å². The Balaban J connectivity index is 3.48. The normalized spacial score (nSPS) is 11.8. The van der Waals surface area contributed by atoms with Crippen LogP contribution in [0.15, 0.2) is 17.0 Å². The van der Waals surface area contributed by atoms with Crippen LogP contribution in [0.4, 0.5) is 8.78 Å². The van der Waals surface area contributed by atoms with E-state index in [0.717, 1.165) is 4.31 Å². The molecule has 0 saturated carbocycles. The van der Waals surface area contributed by atoms with E-state index in [0.29, 0.717) is 12.1 Å². The topological polar surface area (TPSA) is 94.9 Å². The summed E-state index contributed by atoms with van der Waals surface area (Å²) in [4.78, 5) is 9.71. The Morgan fingerprint density at radius 1 is 1.35 bits per heavy atom. The number of hydrogen-bond acceptors (Lipinski definition) is 4. The number of aromatic carboxylic acids is 1. The van der Waals surface area contributed by atoms with Crippen LogP contribution in [0.2, 0.25) is 0 Å². The zero-order chi connectivity index (χ0) is 15.5. The average molecular weight is 309 g/mol. The maximum atomic E-state index is 13.6. The van der Waals surface area contributed by atoms with Crippen molar-refractivity contribution in [1.82, 2.24) is 4.31 Å². The molecular formula is C11H13F2NO5S. The molecule has 2 N–H and O–H groups in total. The maximum Gasteiger partial charge on any atom is 0.335 e. The smallest absolute Gasteiger partial charge is 0.335 e. The number of aliphatic hydroxyl groups is 1. The van der Waals surface area contributed by atoms with E-state index in [1.165, 1.54) is 6.92 Å². The van der Waals surface area contributed by atoms with Crippen molar-refractivity contribution >= 4 is 16.0 Å². The van der Waals surface area contributed by atoms with Gasteiger partial charge in [-0.05, 0) is 12.1 Å². The Hall–Kier alpha value is -1.58. The van der Waals surface area contributed by atoms with E-state index < -0.39 is 44.7 Å². The van der Waals surface area contributed by atoms with Crippen molar-refractivity contribution in [3.8, 4) is 0 Å². The molecule has 112 valence electrons. The summed E-state index contributed by atoms with van der Waals surface area (Å²) in [5.74, 6) is -4.79. The number of halogens is 2. The molecular weight excluding hydrogens is 296 g/mol. The lowest BCUT2D eigenvalue weighted by molar-refractivity contribution is 0.0696. The fraction of sp³-hybridized carbons (Fsp3) is 0.364. The molecule has 0 spiro atoms. The fourth-order valence-electron chi connectivity index (χ4n) is 1.57. The molecule has 0 radical (unpaired) electrons. The Labute approximate surface area is 114 Å². The molecule has 0 bridgehead atoms. The minimum absolute atomic E-state index is 0.0821. The van der Waals surface area contributed by atoms with Gasteiger partial charge in [-0.3, -0.25) is 0 Å². The zero-order valence-corrected chi connectivity index (χ0v) is 11.3. The molecule has 6 nitrogen and oxygen atoms in total. The predicted octanol–water partition coefficient (Wildman–Crippen LogP) is 0.666. The van der Waals surface area contributed by atoms with Crippen molar-refractivity contribution in [3.63, 3.8) is 0 Å². The van der Waals surface area contributed by atoms with Crippen molar-refractivity contribution in [1.29, 1.82) is 0 Å². The zero-order valence-electron chi connectivity index (χ0n) is 10.5. The van der Waals surface area contributed by atoms with Crippen LogP contribution in [0.1, 0.15) is 17.3 Å². The largest absolute Gasteiger partial charge is 0.478 e. The summed E-state index contributed by atoms with van der Waals surface area (Å²) in [5.41, 5.74) is -0.678. The Kier molecular flexibility index (Phi) is 5.15. The number of aliphatic hydroxyl groups excluding tert-OH is 1. The number of benzene rings is 1. The lowest BCUT2D eigenvalue weighted by atomic mass is 10.2. The Morgan fingerprint density at radius 2 is 1.95 bits per heavy atom. The number of carbonyl (C=O) groups is 1. The lowest BCUT2D eigenvalue weighted by Gasteiger charge is -2.20. The third-order valence-electron chi connectivity index (χ3n) is 2.56. The minimum atomic E-state index is -4.43. The summed E-state index contributed by atoms with van der Waals surface area (Å²) >= 11 is 0. The highest BCUT2D eigenvalue weighted by Gasteiger charge is 2.29. The van der Waals surface area contributed by atoms with E-state index >= 15 is 0 Å². The number of hydrogen-bond donors (Lipinski definition) is 2. The first-order valence-electron chi connectivity index (χ1n) is 5.59. The molecule has 1 aromatic rings. The number of sulfonamides is 1. The summed E-state index contributed by atoms with van der Waals surface area (Å²) in [6.45, 7) is 0.552. The third kappa shape index (κ3) is 3.11. The van der Waals surface area contributed by atoms with Gasteiger partial charge in [-0.2, -0.15) is 4.31 Å². The second-order valence-corrected chi connectivity index (χ2v) is 5.70. The summed E-state index contributed by atoms with van der Waals surface area (Å²) in [6, 6.07) is 0.954. The second-order valence-electron chi connectivity index (χ2n) is 3.80. The number of nitrogens with zero attached hydrogens (tertiary/aromatic N) is 1. The second kappa shape index (κ2) is 6.25. The molecule has 0 unspecified atom stereocenters. The number of carboxylic acid groups (broad SMARTS) is 1. The van der Waals surface area contributed by atoms with Gasteiger partial charge >= 0.3 is 5.97 Å². The first kappa shape index (κ1) is 16.5. The molecule has 20 heavy (non-hydrogen) atoms. The highest BCUT2D eigenvalue weighted by Crippen LogP contribution is 2.23. The number of likely N-dealkylation sites (N-methyl/N-ethyl adjacent to an activating group) is 1. The van der Waals surface area contributed by atoms with E-state index in [1.807, 2.05) is 0 Å². The molecule has 0 saturated heterocycles. The third-order valence-corrected chi connectivity index (χ3v) is 4.54. The van der Waals surface area contributed by atoms with Crippen LogP contribution < -0.4 is 0 Å². The Bertz CT molecular complexity index is 617. The van der Waals surface area contributed by atoms with E-state index in [4.69, 9.17) is 10.2 Å². The van der Waals surface area contributed by atoms with Gasteiger partial charge in [-0.1, -0.05) is 6.92 Å². The van der Waals surface area contributed by atoms with Crippen LogP contribution in [0.3, 0.4) is 0 Å². The van der Waals surface area contributed by atoms with Gasteiger partial charge in [0.05, 0.1) is 12.2 Å². The van der Waals surface area contributed by atoms with Crippen LogP contribution in [0.5, 0.6) is 0 Å². The van der Waals surface area contributed by atoms with Crippen LogP contribution in [0.25, 0.3) is 0 Å². The summed E-state index contributed by atoms with van der Waals surface area (Å²) in [6.07, 6.45) is 0. The summed E-state index contributed by atoms with van der Waals surface area (Å²) in [5, 5.41) is 17.5. The van der Waals surface area contributed by atoms with Crippen molar-refractivity contribution in [3.05, 3.63) is 29.3 Å².